The molecule has 0 aliphatic rings. The van der Waals surface area contributed by atoms with E-state index in [4.69, 9.17) is 9.47 Å². The van der Waals surface area contributed by atoms with E-state index in [9.17, 15) is 0 Å². The largest absolute Gasteiger partial charge is 0.496 e. The highest BCUT2D eigenvalue weighted by Gasteiger charge is 2.14. The van der Waals surface area contributed by atoms with Crippen LogP contribution in [0, 0.1) is 6.92 Å². The van der Waals surface area contributed by atoms with Gasteiger partial charge in [-0.15, -0.1) is 11.3 Å². The molecule has 1 aromatic carbocycles. The Kier molecular flexibility index (Phi) is 4.24. The van der Waals surface area contributed by atoms with E-state index in [1.165, 1.54) is 0 Å². The van der Waals surface area contributed by atoms with E-state index >= 15 is 0 Å². The number of alkyl halides is 1. The van der Waals surface area contributed by atoms with Crippen LogP contribution in [0.3, 0.4) is 0 Å². The van der Waals surface area contributed by atoms with E-state index in [0.29, 0.717) is 0 Å². The summed E-state index contributed by atoms with van der Waals surface area (Å²) in [5.41, 5.74) is 2.93. The first-order valence-corrected chi connectivity index (χ1v) is 7.43. The Labute approximate surface area is 119 Å². The molecule has 2 aromatic rings. The molecule has 0 spiro atoms. The molecule has 1 heterocycles. The highest BCUT2D eigenvalue weighted by molar-refractivity contribution is 9.08. The summed E-state index contributed by atoms with van der Waals surface area (Å²) < 4.78 is 10.8. The summed E-state index contributed by atoms with van der Waals surface area (Å²) in [6.07, 6.45) is 0. The lowest BCUT2D eigenvalue weighted by molar-refractivity contribution is 0.390. The number of nitrogens with zero attached hydrogens (tertiary/aromatic N) is 1. The van der Waals surface area contributed by atoms with Gasteiger partial charge in [-0.25, -0.2) is 4.98 Å². The Balaban J connectivity index is 2.53. The van der Waals surface area contributed by atoms with E-state index in [1.54, 1.807) is 25.6 Å². The summed E-state index contributed by atoms with van der Waals surface area (Å²) in [4.78, 5) is 4.56. The van der Waals surface area contributed by atoms with Crippen molar-refractivity contribution in [1.82, 2.24) is 4.98 Å². The van der Waals surface area contributed by atoms with Gasteiger partial charge in [0.25, 0.3) is 0 Å². The topological polar surface area (TPSA) is 31.4 Å². The molecule has 96 valence electrons. The van der Waals surface area contributed by atoms with Gasteiger partial charge in [0.2, 0.25) is 0 Å². The molecule has 0 amide bonds. The van der Waals surface area contributed by atoms with Gasteiger partial charge in [0.05, 0.1) is 25.2 Å². The van der Waals surface area contributed by atoms with Crippen molar-refractivity contribution in [3.63, 3.8) is 0 Å². The molecule has 3 nitrogen and oxygen atoms in total. The lowest BCUT2D eigenvalue weighted by Gasteiger charge is -2.13. The number of ether oxygens (including phenoxy) is 2. The zero-order chi connectivity index (χ0) is 13.1. The molecule has 2 rings (SSSR count). The highest BCUT2D eigenvalue weighted by atomic mass is 79.9. The fraction of sp³-hybridized carbons (Fsp3) is 0.308. The van der Waals surface area contributed by atoms with Gasteiger partial charge in [-0.05, 0) is 19.1 Å². The average molecular weight is 328 g/mol. The number of thiazole rings is 1. The zero-order valence-electron chi connectivity index (χ0n) is 10.5. The molecule has 0 aliphatic heterocycles. The van der Waals surface area contributed by atoms with Gasteiger partial charge < -0.3 is 9.47 Å². The maximum atomic E-state index is 5.49. The molecule has 0 N–H and O–H groups in total. The molecule has 1 aromatic heterocycles. The Bertz CT molecular complexity index is 554. The molecule has 0 atom stereocenters. The number of hydrogen-bond acceptors (Lipinski definition) is 4. The monoisotopic (exact) mass is 327 g/mol. The van der Waals surface area contributed by atoms with Crippen LogP contribution in [-0.4, -0.2) is 19.2 Å². The second-order valence-corrected chi connectivity index (χ2v) is 5.24. The molecule has 0 aliphatic carbocycles. The molecule has 0 fully saturated rings. The van der Waals surface area contributed by atoms with Crippen LogP contribution < -0.4 is 9.47 Å². The first-order chi connectivity index (χ1) is 8.71. The maximum absolute atomic E-state index is 5.49. The van der Waals surface area contributed by atoms with E-state index in [0.717, 1.165) is 38.7 Å². The van der Waals surface area contributed by atoms with Crippen molar-refractivity contribution < 1.29 is 9.47 Å². The fourth-order valence-electron chi connectivity index (χ4n) is 1.86. The van der Waals surface area contributed by atoms with Crippen LogP contribution >= 0.6 is 27.3 Å². The number of hydrogen-bond donors (Lipinski definition) is 0. The lowest BCUT2D eigenvalue weighted by Crippen LogP contribution is -1.95. The third kappa shape index (κ3) is 2.37. The van der Waals surface area contributed by atoms with Gasteiger partial charge in [-0.3, -0.25) is 0 Å². The van der Waals surface area contributed by atoms with Gasteiger partial charge >= 0.3 is 0 Å². The Hall–Kier alpha value is -1.07. The van der Waals surface area contributed by atoms with Crippen molar-refractivity contribution in [2.45, 2.75) is 12.3 Å². The van der Waals surface area contributed by atoms with Crippen molar-refractivity contribution in [3.8, 4) is 22.8 Å². The van der Waals surface area contributed by atoms with Crippen LogP contribution in [0.4, 0.5) is 0 Å². The van der Waals surface area contributed by atoms with Crippen LogP contribution in [0.25, 0.3) is 11.3 Å². The second kappa shape index (κ2) is 5.71. The standard InChI is InChI=1S/C13H14BrNO2S/c1-8-11(16-2)5-4-9(13(8)17-3)10-7-18-12(6-14)15-10/h4-5,7H,6H2,1-3H3. The molecular weight excluding hydrogens is 314 g/mol. The van der Waals surface area contributed by atoms with Crippen LogP contribution in [0.2, 0.25) is 0 Å². The lowest BCUT2D eigenvalue weighted by atomic mass is 10.1. The van der Waals surface area contributed by atoms with Crippen LogP contribution in [-0.2, 0) is 5.33 Å². The number of halogens is 1. The summed E-state index contributed by atoms with van der Waals surface area (Å²) in [6, 6.07) is 3.93. The predicted octanol–water partition coefficient (Wildman–Crippen LogP) is 4.03. The highest BCUT2D eigenvalue weighted by Crippen LogP contribution is 2.38. The van der Waals surface area contributed by atoms with Crippen molar-refractivity contribution >= 4 is 27.3 Å². The molecule has 5 heteroatoms. The van der Waals surface area contributed by atoms with Crippen molar-refractivity contribution in [2.75, 3.05) is 14.2 Å². The summed E-state index contributed by atoms with van der Waals surface area (Å²) in [6.45, 7) is 1.99. The zero-order valence-corrected chi connectivity index (χ0v) is 12.9. The SMILES string of the molecule is COc1ccc(-c2csc(CBr)n2)c(OC)c1C. The first-order valence-electron chi connectivity index (χ1n) is 5.43. The number of benzene rings is 1. The summed E-state index contributed by atoms with van der Waals surface area (Å²) in [5.74, 6) is 1.65. The van der Waals surface area contributed by atoms with E-state index in [1.807, 2.05) is 24.4 Å². The van der Waals surface area contributed by atoms with Crippen LogP contribution in [0.15, 0.2) is 17.5 Å². The number of rotatable bonds is 4. The second-order valence-electron chi connectivity index (χ2n) is 3.73. The van der Waals surface area contributed by atoms with Gasteiger partial charge in [-0.1, -0.05) is 15.9 Å². The van der Waals surface area contributed by atoms with Crippen molar-refractivity contribution in [3.05, 3.63) is 28.1 Å². The molecule has 0 unspecified atom stereocenters. The molecule has 0 radical (unpaired) electrons. The first kappa shape index (κ1) is 13.4. The Morgan fingerprint density at radius 3 is 2.61 bits per heavy atom. The number of aromatic nitrogens is 1. The van der Waals surface area contributed by atoms with Gasteiger partial charge in [0.1, 0.15) is 16.5 Å². The predicted molar refractivity (Wildman–Crippen MR) is 78.0 cm³/mol. The average Bonchev–Trinajstić information content (AvgIpc) is 2.87. The quantitative estimate of drug-likeness (QED) is 0.794. The molecule has 0 saturated carbocycles. The summed E-state index contributed by atoms with van der Waals surface area (Å²) in [5, 5.41) is 3.87. The van der Waals surface area contributed by atoms with E-state index < -0.39 is 0 Å². The van der Waals surface area contributed by atoms with Crippen molar-refractivity contribution in [2.24, 2.45) is 0 Å². The summed E-state index contributed by atoms with van der Waals surface area (Å²) >= 11 is 5.05. The minimum Gasteiger partial charge on any atom is -0.496 e. The Morgan fingerprint density at radius 1 is 1.28 bits per heavy atom. The molecule has 0 bridgehead atoms. The maximum Gasteiger partial charge on any atom is 0.134 e. The van der Waals surface area contributed by atoms with Gasteiger partial charge in [0, 0.05) is 16.5 Å². The van der Waals surface area contributed by atoms with Gasteiger partial charge in [-0.2, -0.15) is 0 Å². The minimum absolute atomic E-state index is 0.773. The van der Waals surface area contributed by atoms with Crippen LogP contribution in [0.5, 0.6) is 11.5 Å². The smallest absolute Gasteiger partial charge is 0.134 e. The Morgan fingerprint density at radius 2 is 2.06 bits per heavy atom. The molecule has 0 saturated heterocycles. The molecule has 18 heavy (non-hydrogen) atoms. The van der Waals surface area contributed by atoms with E-state index in [-0.39, 0.29) is 0 Å². The van der Waals surface area contributed by atoms with Gasteiger partial charge in [0.15, 0.2) is 0 Å². The minimum atomic E-state index is 0.773. The van der Waals surface area contributed by atoms with E-state index in [2.05, 4.69) is 20.9 Å². The van der Waals surface area contributed by atoms with Crippen LogP contribution in [0.1, 0.15) is 10.6 Å². The van der Waals surface area contributed by atoms with Crippen molar-refractivity contribution in [1.29, 1.82) is 0 Å². The normalized spacial score (nSPS) is 10.4. The third-order valence-corrected chi connectivity index (χ3v) is 4.47. The fourth-order valence-corrected chi connectivity index (χ4v) is 3.02. The summed E-state index contributed by atoms with van der Waals surface area (Å²) in [7, 11) is 3.33. The third-order valence-electron chi connectivity index (χ3n) is 2.72. The molecular formula is C13H14BrNO2S. The number of methoxy groups -OCH3 is 2.